The maximum atomic E-state index is 12.8. The highest BCUT2D eigenvalue weighted by Crippen LogP contribution is 2.31. The Bertz CT molecular complexity index is 940. The van der Waals surface area contributed by atoms with E-state index < -0.39 is 11.7 Å². The first kappa shape index (κ1) is 15.7. The molecule has 0 aliphatic heterocycles. The number of pyridine rings is 1. The van der Waals surface area contributed by atoms with Gasteiger partial charge in [0.15, 0.2) is 0 Å². The van der Waals surface area contributed by atoms with Gasteiger partial charge in [0.1, 0.15) is 5.65 Å². The second-order valence-electron chi connectivity index (χ2n) is 6.15. The van der Waals surface area contributed by atoms with Crippen molar-refractivity contribution in [2.24, 2.45) is 5.92 Å². The molecular weight excluding hydrogens is 331 g/mol. The first-order valence-corrected chi connectivity index (χ1v) is 7.87. The van der Waals surface area contributed by atoms with E-state index in [-0.39, 0.29) is 11.8 Å². The molecule has 1 aliphatic carbocycles. The minimum Gasteiger partial charge on any atom is -0.326 e. The van der Waals surface area contributed by atoms with Crippen LogP contribution in [-0.4, -0.2) is 15.3 Å². The quantitative estimate of drug-likeness (QED) is 0.766. The Labute approximate surface area is 141 Å². The van der Waals surface area contributed by atoms with Crippen LogP contribution in [0.3, 0.4) is 0 Å². The topological polar surface area (TPSA) is 46.4 Å². The lowest BCUT2D eigenvalue weighted by molar-refractivity contribution is -0.137. The number of imidazole rings is 1. The molecule has 1 fully saturated rings. The number of hydrogen-bond donors (Lipinski definition) is 1. The summed E-state index contributed by atoms with van der Waals surface area (Å²) in [5, 5.41) is 2.84. The summed E-state index contributed by atoms with van der Waals surface area (Å²) in [5.74, 6) is 0.154. The summed E-state index contributed by atoms with van der Waals surface area (Å²) in [7, 11) is 0. The van der Waals surface area contributed by atoms with Gasteiger partial charge in [-0.25, -0.2) is 4.98 Å². The van der Waals surface area contributed by atoms with E-state index in [1.165, 1.54) is 10.5 Å². The molecule has 3 aromatic rings. The molecule has 4 nitrogen and oxygen atoms in total. The highest BCUT2D eigenvalue weighted by atomic mass is 19.4. The van der Waals surface area contributed by atoms with Crippen LogP contribution in [0.2, 0.25) is 0 Å². The fourth-order valence-corrected chi connectivity index (χ4v) is 2.61. The van der Waals surface area contributed by atoms with Crippen LogP contribution < -0.4 is 5.32 Å². The summed E-state index contributed by atoms with van der Waals surface area (Å²) < 4.78 is 39.7. The van der Waals surface area contributed by atoms with E-state index in [0.29, 0.717) is 17.0 Å². The monoisotopic (exact) mass is 345 g/mol. The molecule has 0 radical (unpaired) electrons. The third kappa shape index (κ3) is 3.22. The van der Waals surface area contributed by atoms with Crippen LogP contribution in [0.1, 0.15) is 18.4 Å². The van der Waals surface area contributed by atoms with Gasteiger partial charge in [-0.1, -0.05) is 12.1 Å². The number of carbonyl (C=O) groups excluding carboxylic acids is 1. The average Bonchev–Trinajstić information content (AvgIpc) is 3.33. The van der Waals surface area contributed by atoms with Gasteiger partial charge in [0, 0.05) is 29.6 Å². The Balaban J connectivity index is 1.59. The predicted octanol–water partition coefficient (Wildman–Crippen LogP) is 4.37. The van der Waals surface area contributed by atoms with Crippen LogP contribution >= 0.6 is 0 Å². The summed E-state index contributed by atoms with van der Waals surface area (Å²) in [6.45, 7) is 0. The number of nitrogens with zero attached hydrogens (tertiary/aromatic N) is 2. The van der Waals surface area contributed by atoms with E-state index in [2.05, 4.69) is 10.3 Å². The fourth-order valence-electron chi connectivity index (χ4n) is 2.61. The van der Waals surface area contributed by atoms with Crippen LogP contribution in [0.25, 0.3) is 16.9 Å². The first-order chi connectivity index (χ1) is 11.9. The van der Waals surface area contributed by atoms with Crippen molar-refractivity contribution in [1.82, 2.24) is 9.38 Å². The van der Waals surface area contributed by atoms with Gasteiger partial charge in [-0.05, 0) is 37.1 Å². The van der Waals surface area contributed by atoms with Gasteiger partial charge in [0.2, 0.25) is 5.91 Å². The Morgan fingerprint density at radius 2 is 1.80 bits per heavy atom. The number of alkyl halides is 3. The van der Waals surface area contributed by atoms with Crippen LogP contribution in [-0.2, 0) is 11.0 Å². The van der Waals surface area contributed by atoms with Crippen molar-refractivity contribution in [3.63, 3.8) is 0 Å². The van der Waals surface area contributed by atoms with Gasteiger partial charge >= 0.3 is 6.18 Å². The number of benzene rings is 1. The standard InChI is InChI=1S/C18H14F3N3O/c19-18(20,21)13-5-8-16-23-15(10-24(16)9-13)11-3-6-14(7-4-11)22-17(25)12-1-2-12/h3-10,12H,1-2H2,(H,22,25). The largest absolute Gasteiger partial charge is 0.417 e. The Morgan fingerprint density at radius 3 is 2.44 bits per heavy atom. The van der Waals surface area contributed by atoms with Gasteiger partial charge in [-0.15, -0.1) is 0 Å². The van der Waals surface area contributed by atoms with Crippen molar-refractivity contribution in [2.75, 3.05) is 5.32 Å². The van der Waals surface area contributed by atoms with E-state index in [0.717, 1.165) is 30.7 Å². The van der Waals surface area contributed by atoms with Crippen LogP contribution in [0.15, 0.2) is 48.8 Å². The molecule has 1 saturated carbocycles. The summed E-state index contributed by atoms with van der Waals surface area (Å²) in [6, 6.07) is 9.46. The SMILES string of the molecule is O=C(Nc1ccc(-c2cn3cc(C(F)(F)F)ccc3n2)cc1)C1CC1. The molecule has 0 spiro atoms. The zero-order valence-electron chi connectivity index (χ0n) is 13.0. The molecule has 4 rings (SSSR count). The lowest BCUT2D eigenvalue weighted by atomic mass is 10.1. The second kappa shape index (κ2) is 5.61. The van der Waals surface area contributed by atoms with Crippen molar-refractivity contribution in [1.29, 1.82) is 0 Å². The van der Waals surface area contributed by atoms with Crippen LogP contribution in [0, 0.1) is 5.92 Å². The van der Waals surface area contributed by atoms with Crippen molar-refractivity contribution in [2.45, 2.75) is 19.0 Å². The molecule has 0 bridgehead atoms. The minimum atomic E-state index is -4.39. The Morgan fingerprint density at radius 1 is 1.08 bits per heavy atom. The maximum absolute atomic E-state index is 12.8. The zero-order chi connectivity index (χ0) is 17.6. The predicted molar refractivity (Wildman–Crippen MR) is 87.0 cm³/mol. The van der Waals surface area contributed by atoms with E-state index in [1.807, 2.05) is 0 Å². The van der Waals surface area contributed by atoms with Crippen molar-refractivity contribution >= 4 is 17.2 Å². The molecule has 0 saturated heterocycles. The number of anilines is 1. The van der Waals surface area contributed by atoms with Gasteiger partial charge in [-0.3, -0.25) is 4.79 Å². The molecule has 0 atom stereocenters. The van der Waals surface area contributed by atoms with Crippen LogP contribution in [0.5, 0.6) is 0 Å². The number of nitrogens with one attached hydrogen (secondary N) is 1. The van der Waals surface area contributed by atoms with Gasteiger partial charge in [0.25, 0.3) is 0 Å². The summed E-state index contributed by atoms with van der Waals surface area (Å²) >= 11 is 0. The molecule has 25 heavy (non-hydrogen) atoms. The van der Waals surface area contributed by atoms with Gasteiger partial charge in [0.05, 0.1) is 11.3 Å². The number of halogens is 3. The first-order valence-electron chi connectivity index (χ1n) is 7.87. The molecule has 2 aromatic heterocycles. The third-order valence-electron chi connectivity index (χ3n) is 4.17. The lowest BCUT2D eigenvalue weighted by Gasteiger charge is -2.05. The van der Waals surface area contributed by atoms with Crippen molar-refractivity contribution in [3.8, 4) is 11.3 Å². The molecule has 2 heterocycles. The smallest absolute Gasteiger partial charge is 0.326 e. The van der Waals surface area contributed by atoms with E-state index in [1.54, 1.807) is 30.5 Å². The number of fused-ring (bicyclic) bond motifs is 1. The number of carbonyl (C=O) groups is 1. The molecular formula is C18H14F3N3O. The highest BCUT2D eigenvalue weighted by molar-refractivity contribution is 5.94. The van der Waals surface area contributed by atoms with Crippen molar-refractivity contribution < 1.29 is 18.0 Å². The van der Waals surface area contributed by atoms with Gasteiger partial charge < -0.3 is 9.72 Å². The summed E-state index contributed by atoms with van der Waals surface area (Å²) in [6.07, 6.45) is 0.0641. The second-order valence-corrected chi connectivity index (χ2v) is 6.15. The van der Waals surface area contributed by atoms with E-state index in [9.17, 15) is 18.0 Å². The Hall–Kier alpha value is -2.83. The van der Waals surface area contributed by atoms with E-state index in [4.69, 9.17) is 0 Å². The Kier molecular flexibility index (Phi) is 3.52. The average molecular weight is 345 g/mol. The molecule has 1 aliphatic rings. The molecule has 7 heteroatoms. The molecule has 1 amide bonds. The number of aromatic nitrogens is 2. The number of hydrogen-bond acceptors (Lipinski definition) is 2. The molecule has 1 aromatic carbocycles. The van der Waals surface area contributed by atoms with E-state index >= 15 is 0 Å². The normalized spacial score (nSPS) is 14.7. The van der Waals surface area contributed by atoms with Crippen molar-refractivity contribution in [3.05, 3.63) is 54.4 Å². The fraction of sp³-hybridized carbons (Fsp3) is 0.222. The number of rotatable bonds is 3. The lowest BCUT2D eigenvalue weighted by Crippen LogP contribution is -2.12. The zero-order valence-corrected chi connectivity index (χ0v) is 13.0. The highest BCUT2D eigenvalue weighted by Gasteiger charge is 2.31. The minimum absolute atomic E-state index is 0.0279. The summed E-state index contributed by atoms with van der Waals surface area (Å²) in [5.41, 5.74) is 1.75. The number of amides is 1. The molecule has 0 unspecified atom stereocenters. The third-order valence-corrected chi connectivity index (χ3v) is 4.17. The molecule has 128 valence electrons. The maximum Gasteiger partial charge on any atom is 0.417 e. The summed E-state index contributed by atoms with van der Waals surface area (Å²) in [4.78, 5) is 16.1. The molecule has 1 N–H and O–H groups in total. The van der Waals surface area contributed by atoms with Gasteiger partial charge in [-0.2, -0.15) is 13.2 Å². The van der Waals surface area contributed by atoms with Crippen LogP contribution in [0.4, 0.5) is 18.9 Å².